The van der Waals surface area contributed by atoms with Gasteiger partial charge < -0.3 is 15.2 Å². The molecule has 0 radical (unpaired) electrons. The van der Waals surface area contributed by atoms with E-state index in [-0.39, 0.29) is 18.4 Å². The Kier molecular flexibility index (Phi) is 7.64. The van der Waals surface area contributed by atoms with Gasteiger partial charge >= 0.3 is 5.97 Å². The van der Waals surface area contributed by atoms with Gasteiger partial charge in [0.25, 0.3) is 0 Å². The summed E-state index contributed by atoms with van der Waals surface area (Å²) >= 11 is 0. The van der Waals surface area contributed by atoms with Crippen LogP contribution in [0.5, 0.6) is 5.75 Å². The minimum absolute atomic E-state index is 0.0915. The number of rotatable bonds is 9. The average molecular weight is 396 g/mol. The van der Waals surface area contributed by atoms with Crippen molar-refractivity contribution in [3.8, 4) is 5.75 Å². The van der Waals surface area contributed by atoms with E-state index in [9.17, 15) is 9.59 Å². The SMILES string of the molecule is O=C(O)COc1ccc(CCNC(=O)C2CCN(Cc3ccccc3)CC2)cc1. The molecule has 154 valence electrons. The van der Waals surface area contributed by atoms with Gasteiger partial charge in [0.15, 0.2) is 6.61 Å². The number of benzene rings is 2. The Morgan fingerprint density at radius 3 is 2.34 bits per heavy atom. The van der Waals surface area contributed by atoms with Gasteiger partial charge in [0.2, 0.25) is 5.91 Å². The standard InChI is InChI=1S/C23H28N2O4/c26-22(27)17-29-21-8-6-18(7-9-21)10-13-24-23(28)20-11-14-25(15-12-20)16-19-4-2-1-3-5-19/h1-9,20H,10-17H2,(H,24,28)(H,26,27). The highest BCUT2D eigenvalue weighted by atomic mass is 16.5. The van der Waals surface area contributed by atoms with E-state index in [1.807, 2.05) is 18.2 Å². The fourth-order valence-corrected chi connectivity index (χ4v) is 3.57. The molecule has 0 spiro atoms. The van der Waals surface area contributed by atoms with Crippen LogP contribution >= 0.6 is 0 Å². The first-order chi connectivity index (χ1) is 14.1. The molecule has 2 N–H and O–H groups in total. The summed E-state index contributed by atoms with van der Waals surface area (Å²) in [6.07, 6.45) is 2.53. The van der Waals surface area contributed by atoms with E-state index in [1.165, 1.54) is 5.56 Å². The maximum atomic E-state index is 12.5. The fourth-order valence-electron chi connectivity index (χ4n) is 3.57. The molecule has 1 fully saturated rings. The maximum absolute atomic E-state index is 12.5. The van der Waals surface area contributed by atoms with E-state index < -0.39 is 5.97 Å². The molecule has 6 heteroatoms. The van der Waals surface area contributed by atoms with Crippen LogP contribution in [0.4, 0.5) is 0 Å². The van der Waals surface area contributed by atoms with E-state index >= 15 is 0 Å². The third-order valence-corrected chi connectivity index (χ3v) is 5.21. The number of carboxylic acids is 1. The maximum Gasteiger partial charge on any atom is 0.341 e. The average Bonchev–Trinajstić information content (AvgIpc) is 2.74. The van der Waals surface area contributed by atoms with Gasteiger partial charge in [0.05, 0.1) is 0 Å². The Morgan fingerprint density at radius 2 is 1.69 bits per heavy atom. The van der Waals surface area contributed by atoms with Gasteiger partial charge in [-0.25, -0.2) is 4.79 Å². The zero-order chi connectivity index (χ0) is 20.5. The Morgan fingerprint density at radius 1 is 1.00 bits per heavy atom. The Bertz CT molecular complexity index is 784. The minimum atomic E-state index is -0.998. The molecule has 6 nitrogen and oxygen atoms in total. The minimum Gasteiger partial charge on any atom is -0.482 e. The third kappa shape index (κ3) is 6.91. The van der Waals surface area contributed by atoms with Crippen molar-refractivity contribution in [2.24, 2.45) is 5.92 Å². The van der Waals surface area contributed by atoms with Gasteiger partial charge in [0.1, 0.15) is 5.75 Å². The van der Waals surface area contributed by atoms with Gasteiger partial charge in [-0.15, -0.1) is 0 Å². The van der Waals surface area contributed by atoms with Crippen LogP contribution in [-0.4, -0.2) is 48.1 Å². The summed E-state index contributed by atoms with van der Waals surface area (Å²) in [4.78, 5) is 25.4. The summed E-state index contributed by atoms with van der Waals surface area (Å²) in [5.41, 5.74) is 2.39. The lowest BCUT2D eigenvalue weighted by molar-refractivity contribution is -0.139. The molecule has 0 bridgehead atoms. The van der Waals surface area contributed by atoms with E-state index in [4.69, 9.17) is 9.84 Å². The lowest BCUT2D eigenvalue weighted by atomic mass is 9.95. The monoisotopic (exact) mass is 396 g/mol. The number of likely N-dealkylation sites (tertiary alicyclic amines) is 1. The van der Waals surface area contributed by atoms with Crippen molar-refractivity contribution in [1.82, 2.24) is 10.2 Å². The number of amides is 1. The Balaban J connectivity index is 1.34. The third-order valence-electron chi connectivity index (χ3n) is 5.21. The van der Waals surface area contributed by atoms with E-state index in [2.05, 4.69) is 34.5 Å². The predicted octanol–water partition coefficient (Wildman–Crippen LogP) is 2.72. The van der Waals surface area contributed by atoms with E-state index in [1.54, 1.807) is 12.1 Å². The van der Waals surface area contributed by atoms with Crippen molar-refractivity contribution in [2.75, 3.05) is 26.2 Å². The van der Waals surface area contributed by atoms with Crippen LogP contribution in [0.15, 0.2) is 54.6 Å². The van der Waals surface area contributed by atoms with Crippen molar-refractivity contribution in [3.05, 3.63) is 65.7 Å². The topological polar surface area (TPSA) is 78.9 Å². The summed E-state index contributed by atoms with van der Waals surface area (Å²) < 4.78 is 5.12. The number of hydrogen-bond acceptors (Lipinski definition) is 4. The Labute approximate surface area is 171 Å². The summed E-state index contributed by atoms with van der Waals surface area (Å²) in [5, 5.41) is 11.7. The molecular weight excluding hydrogens is 368 g/mol. The highest BCUT2D eigenvalue weighted by molar-refractivity contribution is 5.78. The fraction of sp³-hybridized carbons (Fsp3) is 0.391. The summed E-state index contributed by atoms with van der Waals surface area (Å²) in [6.45, 7) is 3.09. The zero-order valence-electron chi connectivity index (χ0n) is 16.5. The summed E-state index contributed by atoms with van der Waals surface area (Å²) in [5.74, 6) is -0.232. The number of ether oxygens (including phenoxy) is 1. The first kappa shape index (κ1) is 20.9. The molecule has 0 saturated carbocycles. The zero-order valence-corrected chi connectivity index (χ0v) is 16.5. The van der Waals surface area contributed by atoms with Crippen molar-refractivity contribution in [2.45, 2.75) is 25.8 Å². The molecular formula is C23H28N2O4. The molecule has 1 saturated heterocycles. The normalized spacial score (nSPS) is 15.0. The first-order valence-electron chi connectivity index (χ1n) is 10.1. The van der Waals surface area contributed by atoms with Crippen LogP contribution in [0.25, 0.3) is 0 Å². The second kappa shape index (κ2) is 10.6. The smallest absolute Gasteiger partial charge is 0.341 e. The van der Waals surface area contributed by atoms with E-state index in [0.717, 1.165) is 44.5 Å². The van der Waals surface area contributed by atoms with Crippen molar-refractivity contribution in [1.29, 1.82) is 0 Å². The molecule has 1 amide bonds. The first-order valence-corrected chi connectivity index (χ1v) is 10.1. The largest absolute Gasteiger partial charge is 0.482 e. The molecule has 1 aliphatic heterocycles. The number of nitrogens with one attached hydrogen (secondary N) is 1. The predicted molar refractivity (Wildman–Crippen MR) is 111 cm³/mol. The highest BCUT2D eigenvalue weighted by Gasteiger charge is 2.24. The van der Waals surface area contributed by atoms with E-state index in [0.29, 0.717) is 12.3 Å². The second-order valence-electron chi connectivity index (χ2n) is 7.40. The van der Waals surface area contributed by atoms with Crippen LogP contribution in [0.3, 0.4) is 0 Å². The molecule has 0 aliphatic carbocycles. The highest BCUT2D eigenvalue weighted by Crippen LogP contribution is 2.19. The number of carbonyl (C=O) groups is 2. The van der Waals surface area contributed by atoms with Crippen molar-refractivity contribution < 1.29 is 19.4 Å². The molecule has 0 unspecified atom stereocenters. The number of carbonyl (C=O) groups excluding carboxylic acids is 1. The summed E-state index contributed by atoms with van der Waals surface area (Å²) in [6, 6.07) is 17.7. The number of aliphatic carboxylic acids is 1. The number of piperidine rings is 1. The van der Waals surface area contributed by atoms with Crippen LogP contribution in [0, 0.1) is 5.92 Å². The number of hydrogen-bond donors (Lipinski definition) is 2. The molecule has 1 heterocycles. The van der Waals surface area contributed by atoms with Crippen LogP contribution in [0.2, 0.25) is 0 Å². The second-order valence-corrected chi connectivity index (χ2v) is 7.40. The van der Waals surface area contributed by atoms with Crippen LogP contribution in [-0.2, 0) is 22.6 Å². The van der Waals surface area contributed by atoms with Gasteiger partial charge in [-0.2, -0.15) is 0 Å². The number of carboxylic acid groups (broad SMARTS) is 1. The Hall–Kier alpha value is -2.86. The lowest BCUT2D eigenvalue weighted by Gasteiger charge is -2.31. The molecule has 2 aromatic rings. The van der Waals surface area contributed by atoms with Crippen LogP contribution in [0.1, 0.15) is 24.0 Å². The molecule has 0 atom stereocenters. The molecule has 1 aliphatic rings. The van der Waals surface area contributed by atoms with Crippen molar-refractivity contribution >= 4 is 11.9 Å². The van der Waals surface area contributed by atoms with Gasteiger partial charge in [-0.05, 0) is 55.6 Å². The molecule has 0 aromatic heterocycles. The van der Waals surface area contributed by atoms with Gasteiger partial charge in [0, 0.05) is 19.0 Å². The molecule has 2 aromatic carbocycles. The van der Waals surface area contributed by atoms with Crippen molar-refractivity contribution in [3.63, 3.8) is 0 Å². The van der Waals surface area contributed by atoms with Gasteiger partial charge in [-0.1, -0.05) is 42.5 Å². The summed E-state index contributed by atoms with van der Waals surface area (Å²) in [7, 11) is 0. The lowest BCUT2D eigenvalue weighted by Crippen LogP contribution is -2.40. The van der Waals surface area contributed by atoms with Gasteiger partial charge in [-0.3, -0.25) is 9.69 Å². The molecule has 29 heavy (non-hydrogen) atoms. The number of nitrogens with zero attached hydrogens (tertiary/aromatic N) is 1. The quantitative estimate of drug-likeness (QED) is 0.681. The molecule has 3 rings (SSSR count). The van der Waals surface area contributed by atoms with Crippen LogP contribution < -0.4 is 10.1 Å².